The highest BCUT2D eigenvalue weighted by Crippen LogP contribution is 2.51. The number of carbonyl (C=O) groups excluding carboxylic acids is 1. The maximum Gasteiger partial charge on any atom is 0.224 e. The average Bonchev–Trinajstić information content (AvgIpc) is 3.54. The van der Waals surface area contributed by atoms with Gasteiger partial charge in [0.25, 0.3) is 0 Å². The highest BCUT2D eigenvalue weighted by atomic mass is 16.5. The van der Waals surface area contributed by atoms with Crippen LogP contribution in [0.3, 0.4) is 0 Å². The second kappa shape index (κ2) is 7.69. The van der Waals surface area contributed by atoms with Gasteiger partial charge in [-0.2, -0.15) is 0 Å². The number of hydrogen-bond donors (Lipinski definition) is 1. The highest BCUT2D eigenvalue weighted by Gasteiger charge is 2.44. The van der Waals surface area contributed by atoms with Gasteiger partial charge in [0.05, 0.1) is 18.6 Å². The summed E-state index contributed by atoms with van der Waals surface area (Å²) in [5.41, 5.74) is 6.01. The van der Waals surface area contributed by atoms with E-state index in [2.05, 4.69) is 54.0 Å². The Kier molecular flexibility index (Phi) is 5.14. The summed E-state index contributed by atoms with van der Waals surface area (Å²) >= 11 is 0. The first-order chi connectivity index (χ1) is 14.5. The van der Waals surface area contributed by atoms with E-state index >= 15 is 0 Å². The number of nitrogens with one attached hydrogen (secondary N) is 1. The molecule has 5 rings (SSSR count). The molecule has 1 aliphatic heterocycles. The van der Waals surface area contributed by atoms with E-state index in [0.717, 1.165) is 31.7 Å². The predicted octanol–water partition coefficient (Wildman–Crippen LogP) is 3.56. The molecule has 2 fully saturated rings. The van der Waals surface area contributed by atoms with Crippen LogP contribution < -0.4 is 5.32 Å². The smallest absolute Gasteiger partial charge is 0.224 e. The van der Waals surface area contributed by atoms with Crippen LogP contribution in [0.5, 0.6) is 0 Å². The summed E-state index contributed by atoms with van der Waals surface area (Å²) in [6.07, 6.45) is 5.62. The number of aryl methyl sites for hydroxylation is 1. The lowest BCUT2D eigenvalue weighted by Gasteiger charge is -2.45. The van der Waals surface area contributed by atoms with Crippen molar-refractivity contribution in [1.82, 2.24) is 14.8 Å². The Balaban J connectivity index is 1.47. The van der Waals surface area contributed by atoms with Crippen molar-refractivity contribution in [2.24, 2.45) is 13.0 Å². The maximum atomic E-state index is 13.1. The van der Waals surface area contributed by atoms with Crippen LogP contribution in [0.15, 0.2) is 18.2 Å². The standard InChI is InChI=1S/C25H35N3O2/c1-5-17(14-30-4)26-25(29)16-11-19-18-7-6-8-21-23(18)20(12-22(19)27(2)13-16)24(28(21)3)15-9-10-15/h6-8,15-17,19,22H,5,9-14H2,1-4H3,(H,26,29)/t16?,17?,19?,22-/m1/s1. The van der Waals surface area contributed by atoms with Crippen LogP contribution in [-0.4, -0.2) is 54.8 Å². The number of aromatic nitrogens is 1. The summed E-state index contributed by atoms with van der Waals surface area (Å²) in [4.78, 5) is 15.6. The quantitative estimate of drug-likeness (QED) is 0.794. The fourth-order valence-corrected chi connectivity index (χ4v) is 6.16. The maximum absolute atomic E-state index is 13.1. The fourth-order valence-electron chi connectivity index (χ4n) is 6.16. The molecule has 1 aromatic carbocycles. The number of ether oxygens (including phenoxy) is 1. The second-order valence-electron chi connectivity index (χ2n) is 9.76. The van der Waals surface area contributed by atoms with Gasteiger partial charge in [0, 0.05) is 49.3 Å². The molecule has 0 spiro atoms. The van der Waals surface area contributed by atoms with Gasteiger partial charge < -0.3 is 19.5 Å². The topological polar surface area (TPSA) is 46.5 Å². The lowest BCUT2D eigenvalue weighted by Crippen LogP contribution is -2.52. The number of benzene rings is 1. The molecule has 5 heteroatoms. The largest absolute Gasteiger partial charge is 0.383 e. The molecule has 0 radical (unpaired) electrons. The van der Waals surface area contributed by atoms with E-state index in [0.29, 0.717) is 18.6 Å². The van der Waals surface area contributed by atoms with Gasteiger partial charge in [-0.1, -0.05) is 19.1 Å². The molecule has 3 aliphatic rings. The van der Waals surface area contributed by atoms with E-state index in [1.807, 2.05) is 0 Å². The van der Waals surface area contributed by atoms with E-state index in [9.17, 15) is 4.79 Å². The number of nitrogens with zero attached hydrogens (tertiary/aromatic N) is 2. The number of likely N-dealkylation sites (N-methyl/N-ethyl adjacent to an activating group) is 1. The minimum Gasteiger partial charge on any atom is -0.383 e. The molecule has 2 aromatic rings. The summed E-state index contributed by atoms with van der Waals surface area (Å²) in [6, 6.07) is 7.42. The SMILES string of the molecule is CCC(COC)NC(=O)C1CC2c3cccc4c3c(c(C3CC3)n4C)C[C@H]2N(C)C1. The third kappa shape index (κ3) is 3.18. The molecule has 1 saturated carbocycles. The van der Waals surface area contributed by atoms with Crippen molar-refractivity contribution in [3.05, 3.63) is 35.0 Å². The van der Waals surface area contributed by atoms with Crippen molar-refractivity contribution < 1.29 is 9.53 Å². The first-order valence-corrected chi connectivity index (χ1v) is 11.6. The Morgan fingerprint density at radius 1 is 1.30 bits per heavy atom. The summed E-state index contributed by atoms with van der Waals surface area (Å²) in [5.74, 6) is 1.40. The third-order valence-corrected chi connectivity index (χ3v) is 7.84. The van der Waals surface area contributed by atoms with Crippen molar-refractivity contribution >= 4 is 16.8 Å². The Labute approximate surface area is 179 Å². The second-order valence-corrected chi connectivity index (χ2v) is 9.76. The Hall–Kier alpha value is -1.85. The Morgan fingerprint density at radius 2 is 2.10 bits per heavy atom. The van der Waals surface area contributed by atoms with E-state index in [4.69, 9.17) is 4.74 Å². The number of amides is 1. The van der Waals surface area contributed by atoms with Gasteiger partial charge in [-0.25, -0.2) is 0 Å². The van der Waals surface area contributed by atoms with Gasteiger partial charge in [-0.05, 0) is 62.3 Å². The number of fused-ring (bicyclic) bond motifs is 2. The lowest BCUT2D eigenvalue weighted by atomic mass is 9.71. The van der Waals surface area contributed by atoms with Gasteiger partial charge >= 0.3 is 0 Å². The van der Waals surface area contributed by atoms with Crippen LogP contribution in [0, 0.1) is 5.92 Å². The van der Waals surface area contributed by atoms with Crippen molar-refractivity contribution in [2.75, 3.05) is 27.3 Å². The van der Waals surface area contributed by atoms with Crippen molar-refractivity contribution in [3.63, 3.8) is 0 Å². The Morgan fingerprint density at radius 3 is 2.80 bits per heavy atom. The predicted molar refractivity (Wildman–Crippen MR) is 120 cm³/mol. The van der Waals surface area contributed by atoms with Crippen LogP contribution in [0.1, 0.15) is 61.3 Å². The molecule has 1 amide bonds. The summed E-state index contributed by atoms with van der Waals surface area (Å²) in [7, 11) is 6.16. The molecule has 1 saturated heterocycles. The molecule has 2 aliphatic carbocycles. The average molecular weight is 410 g/mol. The molecule has 2 heterocycles. The van der Waals surface area contributed by atoms with Crippen LogP contribution in [0.4, 0.5) is 0 Å². The Bertz CT molecular complexity index is 961. The van der Waals surface area contributed by atoms with Gasteiger partial charge in [0.15, 0.2) is 0 Å². The first-order valence-electron chi connectivity index (χ1n) is 11.6. The third-order valence-electron chi connectivity index (χ3n) is 7.84. The molecule has 1 aromatic heterocycles. The number of hydrogen-bond acceptors (Lipinski definition) is 3. The van der Waals surface area contributed by atoms with E-state index in [1.165, 1.54) is 29.3 Å². The van der Waals surface area contributed by atoms with Crippen molar-refractivity contribution in [2.45, 2.75) is 62.9 Å². The lowest BCUT2D eigenvalue weighted by molar-refractivity contribution is -0.128. The number of rotatable bonds is 6. The van der Waals surface area contributed by atoms with Crippen molar-refractivity contribution in [1.29, 1.82) is 0 Å². The van der Waals surface area contributed by atoms with E-state index in [1.54, 1.807) is 18.4 Å². The number of piperidine rings is 1. The van der Waals surface area contributed by atoms with Crippen LogP contribution in [0.25, 0.3) is 10.9 Å². The summed E-state index contributed by atoms with van der Waals surface area (Å²) in [5, 5.41) is 4.73. The summed E-state index contributed by atoms with van der Waals surface area (Å²) < 4.78 is 7.74. The van der Waals surface area contributed by atoms with Crippen molar-refractivity contribution in [3.8, 4) is 0 Å². The number of methoxy groups -OCH3 is 1. The van der Waals surface area contributed by atoms with E-state index in [-0.39, 0.29) is 17.9 Å². The number of likely N-dealkylation sites (tertiary alicyclic amines) is 1. The number of carbonyl (C=O) groups is 1. The molecular formula is C25H35N3O2. The molecule has 0 bridgehead atoms. The monoisotopic (exact) mass is 409 g/mol. The van der Waals surface area contributed by atoms with Crippen LogP contribution in [0.2, 0.25) is 0 Å². The van der Waals surface area contributed by atoms with Gasteiger partial charge in [-0.15, -0.1) is 0 Å². The fraction of sp³-hybridized carbons (Fsp3) is 0.640. The van der Waals surface area contributed by atoms with Gasteiger partial charge in [0.1, 0.15) is 0 Å². The summed E-state index contributed by atoms with van der Waals surface area (Å²) in [6.45, 7) is 3.52. The molecule has 162 valence electrons. The molecule has 30 heavy (non-hydrogen) atoms. The molecular weight excluding hydrogens is 374 g/mol. The zero-order chi connectivity index (χ0) is 21.0. The molecule has 5 nitrogen and oxygen atoms in total. The van der Waals surface area contributed by atoms with Crippen LogP contribution in [-0.2, 0) is 23.0 Å². The molecule has 1 N–H and O–H groups in total. The van der Waals surface area contributed by atoms with Crippen LogP contribution >= 0.6 is 0 Å². The molecule has 4 atom stereocenters. The minimum atomic E-state index is 0.0329. The molecule has 3 unspecified atom stereocenters. The first kappa shape index (κ1) is 20.1. The van der Waals surface area contributed by atoms with Gasteiger partial charge in [-0.3, -0.25) is 4.79 Å². The zero-order valence-corrected chi connectivity index (χ0v) is 18.8. The minimum absolute atomic E-state index is 0.0329. The van der Waals surface area contributed by atoms with Gasteiger partial charge in [0.2, 0.25) is 5.91 Å². The highest BCUT2D eigenvalue weighted by molar-refractivity contribution is 5.91. The zero-order valence-electron chi connectivity index (χ0n) is 18.8. The normalized spacial score (nSPS) is 27.1. The van der Waals surface area contributed by atoms with E-state index < -0.39 is 0 Å².